The van der Waals surface area contributed by atoms with Crippen LogP contribution in [-0.2, 0) is 0 Å². The lowest BCUT2D eigenvalue weighted by molar-refractivity contribution is 0.814. The Labute approximate surface area is 68.3 Å². The first kappa shape index (κ1) is 6.54. The lowest BCUT2D eigenvalue weighted by Crippen LogP contribution is -1.90. The van der Waals surface area contributed by atoms with Gasteiger partial charge in [0.05, 0.1) is 12.4 Å². The predicted octanol–water partition coefficient (Wildman–Crippen LogP) is 1.64. The monoisotopic (exact) mass is 165 g/mol. The van der Waals surface area contributed by atoms with Gasteiger partial charge in [-0.25, -0.2) is 4.68 Å². The Morgan fingerprint density at radius 2 is 2.45 bits per heavy atom. The molecule has 0 aliphatic heterocycles. The molecule has 0 aliphatic carbocycles. The van der Waals surface area contributed by atoms with E-state index < -0.39 is 0 Å². The van der Waals surface area contributed by atoms with Crippen molar-refractivity contribution >= 4 is 11.3 Å². The average Bonchev–Trinajstić information content (AvgIpc) is 2.55. The summed E-state index contributed by atoms with van der Waals surface area (Å²) < 4.78 is 1.76. The zero-order chi connectivity index (χ0) is 7.68. The molecule has 2 heterocycles. The molecule has 0 atom stereocenters. The van der Waals surface area contributed by atoms with Gasteiger partial charge >= 0.3 is 0 Å². The van der Waals surface area contributed by atoms with Crippen LogP contribution >= 0.6 is 11.3 Å². The largest absolute Gasteiger partial charge is 0.211 e. The second-order valence-electron chi connectivity index (χ2n) is 2.31. The Morgan fingerprint density at radius 1 is 1.55 bits per heavy atom. The molecule has 2 rings (SSSR count). The van der Waals surface area contributed by atoms with Crippen molar-refractivity contribution in [2.45, 2.75) is 6.92 Å². The number of nitrogens with zero attached hydrogens (tertiary/aromatic N) is 3. The molecule has 0 fully saturated rings. The van der Waals surface area contributed by atoms with E-state index in [4.69, 9.17) is 0 Å². The predicted molar refractivity (Wildman–Crippen MR) is 44.0 cm³/mol. The fraction of sp³-hybridized carbons (Fsp3) is 0.143. The summed E-state index contributed by atoms with van der Waals surface area (Å²) in [6, 6.07) is 2.08. The summed E-state index contributed by atoms with van der Waals surface area (Å²) in [6.45, 7) is 2.07. The zero-order valence-electron chi connectivity index (χ0n) is 6.06. The molecule has 0 spiro atoms. The van der Waals surface area contributed by atoms with Gasteiger partial charge in [-0.1, -0.05) is 5.21 Å². The number of aromatic nitrogens is 3. The number of aryl methyl sites for hydroxylation is 1. The number of thiophene rings is 1. The van der Waals surface area contributed by atoms with Gasteiger partial charge in [0.15, 0.2) is 0 Å². The van der Waals surface area contributed by atoms with E-state index in [0.29, 0.717) is 0 Å². The van der Waals surface area contributed by atoms with Crippen molar-refractivity contribution in [1.82, 2.24) is 15.0 Å². The Bertz CT molecular complexity index is 336. The molecule has 0 amide bonds. The highest BCUT2D eigenvalue weighted by molar-refractivity contribution is 7.12. The minimum Gasteiger partial charge on any atom is -0.211 e. The van der Waals surface area contributed by atoms with E-state index >= 15 is 0 Å². The van der Waals surface area contributed by atoms with Crippen LogP contribution in [0.25, 0.3) is 5.00 Å². The van der Waals surface area contributed by atoms with Crippen molar-refractivity contribution in [2.75, 3.05) is 0 Å². The lowest BCUT2D eigenvalue weighted by atomic mass is 10.4. The molecule has 2 aromatic heterocycles. The maximum Gasteiger partial charge on any atom is 0.119 e. The van der Waals surface area contributed by atoms with Gasteiger partial charge in [-0.15, -0.1) is 16.4 Å². The van der Waals surface area contributed by atoms with Crippen molar-refractivity contribution in [2.24, 2.45) is 0 Å². The van der Waals surface area contributed by atoms with Crippen molar-refractivity contribution in [1.29, 1.82) is 0 Å². The second-order valence-corrected chi connectivity index (χ2v) is 3.20. The van der Waals surface area contributed by atoms with Gasteiger partial charge < -0.3 is 0 Å². The molecular formula is C7H7N3S. The molecule has 0 N–H and O–H groups in total. The van der Waals surface area contributed by atoms with Crippen molar-refractivity contribution in [3.05, 3.63) is 29.4 Å². The van der Waals surface area contributed by atoms with E-state index in [1.807, 2.05) is 6.20 Å². The van der Waals surface area contributed by atoms with Crippen LogP contribution in [0.1, 0.15) is 5.56 Å². The molecule has 56 valence electrons. The molecule has 0 saturated heterocycles. The van der Waals surface area contributed by atoms with Crippen LogP contribution in [0.5, 0.6) is 0 Å². The average molecular weight is 165 g/mol. The van der Waals surface area contributed by atoms with E-state index in [0.717, 1.165) is 5.00 Å². The molecule has 0 radical (unpaired) electrons. The van der Waals surface area contributed by atoms with E-state index in [-0.39, 0.29) is 0 Å². The molecule has 0 aliphatic rings. The fourth-order valence-corrected chi connectivity index (χ4v) is 1.70. The van der Waals surface area contributed by atoms with E-state index in [1.54, 1.807) is 22.2 Å². The van der Waals surface area contributed by atoms with Crippen LogP contribution in [0.2, 0.25) is 0 Å². The highest BCUT2D eigenvalue weighted by Crippen LogP contribution is 2.16. The minimum atomic E-state index is 1.11. The Hall–Kier alpha value is -1.16. The normalized spacial score (nSPS) is 10.3. The van der Waals surface area contributed by atoms with E-state index in [9.17, 15) is 0 Å². The molecule has 3 nitrogen and oxygen atoms in total. The smallest absolute Gasteiger partial charge is 0.119 e. The Morgan fingerprint density at radius 3 is 3.00 bits per heavy atom. The van der Waals surface area contributed by atoms with Gasteiger partial charge in [-0.05, 0) is 23.9 Å². The van der Waals surface area contributed by atoms with Crippen LogP contribution < -0.4 is 0 Å². The van der Waals surface area contributed by atoms with Gasteiger partial charge in [0.2, 0.25) is 0 Å². The van der Waals surface area contributed by atoms with Crippen LogP contribution in [0.15, 0.2) is 23.8 Å². The van der Waals surface area contributed by atoms with Gasteiger partial charge in [-0.3, -0.25) is 0 Å². The molecule has 2 aromatic rings. The van der Waals surface area contributed by atoms with Gasteiger partial charge in [0, 0.05) is 0 Å². The van der Waals surface area contributed by atoms with Crippen LogP contribution in [0, 0.1) is 6.92 Å². The molecule has 11 heavy (non-hydrogen) atoms. The Balaban J connectivity index is 2.45. The maximum absolute atomic E-state index is 3.88. The third-order valence-corrected chi connectivity index (χ3v) is 2.40. The Kier molecular flexibility index (Phi) is 1.47. The van der Waals surface area contributed by atoms with Crippen molar-refractivity contribution < 1.29 is 0 Å². The number of hydrogen-bond acceptors (Lipinski definition) is 3. The van der Waals surface area contributed by atoms with Crippen molar-refractivity contribution in [3.8, 4) is 5.00 Å². The topological polar surface area (TPSA) is 30.7 Å². The summed E-state index contributed by atoms with van der Waals surface area (Å²) in [5.74, 6) is 0. The first-order valence-corrected chi connectivity index (χ1v) is 4.16. The van der Waals surface area contributed by atoms with Gasteiger partial charge in [0.25, 0.3) is 0 Å². The third-order valence-electron chi connectivity index (χ3n) is 1.37. The minimum absolute atomic E-state index is 1.11. The highest BCUT2D eigenvalue weighted by atomic mass is 32.1. The summed E-state index contributed by atoms with van der Waals surface area (Å²) in [7, 11) is 0. The standard InChI is InChI=1S/C7H7N3S/c1-6-4-7(11-5-6)10-3-2-8-9-10/h2-5H,1H3. The molecule has 0 saturated carbocycles. The zero-order valence-corrected chi connectivity index (χ0v) is 6.88. The fourth-order valence-electron chi connectivity index (χ4n) is 0.862. The van der Waals surface area contributed by atoms with E-state index in [1.165, 1.54) is 5.56 Å². The number of hydrogen-bond donors (Lipinski definition) is 0. The summed E-state index contributed by atoms with van der Waals surface area (Å²) in [5.41, 5.74) is 1.26. The first-order chi connectivity index (χ1) is 5.36. The number of rotatable bonds is 1. The van der Waals surface area contributed by atoms with Crippen molar-refractivity contribution in [3.63, 3.8) is 0 Å². The molecule has 0 aromatic carbocycles. The van der Waals surface area contributed by atoms with Crippen LogP contribution in [0.3, 0.4) is 0 Å². The van der Waals surface area contributed by atoms with Gasteiger partial charge in [0.1, 0.15) is 5.00 Å². The van der Waals surface area contributed by atoms with Crippen LogP contribution in [-0.4, -0.2) is 15.0 Å². The maximum atomic E-state index is 3.88. The van der Waals surface area contributed by atoms with Gasteiger partial charge in [-0.2, -0.15) is 0 Å². The summed E-state index contributed by atoms with van der Waals surface area (Å²) >= 11 is 1.67. The SMILES string of the molecule is Cc1csc(-n2ccnn2)c1. The first-order valence-electron chi connectivity index (χ1n) is 3.28. The molecule has 4 heteroatoms. The van der Waals surface area contributed by atoms with E-state index in [2.05, 4.69) is 28.7 Å². The summed E-state index contributed by atoms with van der Waals surface area (Å²) in [4.78, 5) is 0. The molecular weight excluding hydrogens is 158 g/mol. The molecule has 0 unspecified atom stereocenters. The van der Waals surface area contributed by atoms with Crippen LogP contribution in [0.4, 0.5) is 0 Å². The lowest BCUT2D eigenvalue weighted by Gasteiger charge is -1.90. The second kappa shape index (κ2) is 2.47. The summed E-state index contributed by atoms with van der Waals surface area (Å²) in [5, 5.41) is 10.8. The summed E-state index contributed by atoms with van der Waals surface area (Å²) in [6.07, 6.45) is 3.51. The molecule has 0 bridgehead atoms. The highest BCUT2D eigenvalue weighted by Gasteiger charge is 1.97. The quantitative estimate of drug-likeness (QED) is 0.643. The third kappa shape index (κ3) is 1.17.